The van der Waals surface area contributed by atoms with Gasteiger partial charge in [-0.25, -0.2) is 0 Å². The van der Waals surface area contributed by atoms with E-state index in [1.165, 1.54) is 128 Å². The summed E-state index contributed by atoms with van der Waals surface area (Å²) < 4.78 is 0. The van der Waals surface area contributed by atoms with Crippen molar-refractivity contribution in [2.75, 3.05) is 0 Å². The van der Waals surface area contributed by atoms with E-state index in [1.54, 1.807) is 73.4 Å². The van der Waals surface area contributed by atoms with Crippen molar-refractivity contribution in [3.8, 4) is 23.0 Å². The van der Waals surface area contributed by atoms with Crippen LogP contribution in [0.1, 0.15) is 151 Å². The molecular formula is C52H64Cu2N4O4. The van der Waals surface area contributed by atoms with Gasteiger partial charge in [-0.2, -0.15) is 0 Å². The first-order chi connectivity index (χ1) is 29.4. The van der Waals surface area contributed by atoms with Gasteiger partial charge in [0, 0.05) is 49.0 Å². The molecule has 10 heteroatoms. The van der Waals surface area contributed by atoms with E-state index in [-0.39, 0.29) is 57.1 Å². The molecule has 4 aromatic rings. The second-order valence-electron chi connectivity index (χ2n) is 16.4. The zero-order chi connectivity index (χ0) is 42.0. The summed E-state index contributed by atoms with van der Waals surface area (Å²) in [4.78, 5) is 18.0. The Bertz CT molecular complexity index is 1650. The summed E-state index contributed by atoms with van der Waals surface area (Å²) in [6.07, 6.45) is 32.0. The summed E-state index contributed by atoms with van der Waals surface area (Å²) in [5.74, 6) is 0.267. The van der Waals surface area contributed by atoms with Crippen LogP contribution in [0.15, 0.2) is 117 Å². The molecule has 0 N–H and O–H groups in total. The molecule has 4 saturated carbocycles. The number of nitrogens with zero attached hydrogens (tertiary/aromatic N) is 4. The molecule has 338 valence electrons. The van der Waals surface area contributed by atoms with Crippen LogP contribution in [0, 0.1) is 0 Å². The Kier molecular flexibility index (Phi) is 25.9. The van der Waals surface area contributed by atoms with Crippen LogP contribution < -0.4 is 20.4 Å². The topological polar surface area (TPSA) is 142 Å². The van der Waals surface area contributed by atoms with Gasteiger partial charge in [-0.3, -0.25) is 20.0 Å². The fraction of sp³-hybridized carbons (Fsp3) is 0.462. The average molecular weight is 936 g/mol. The molecule has 0 spiro atoms. The fourth-order valence-electron chi connectivity index (χ4n) is 8.01. The Morgan fingerprint density at radius 1 is 0.290 bits per heavy atom. The maximum Gasteiger partial charge on any atom is 2.00 e. The van der Waals surface area contributed by atoms with Crippen molar-refractivity contribution < 1.29 is 54.6 Å². The molecule has 0 aliphatic heterocycles. The molecule has 0 amide bonds. The normalized spacial score (nSPS) is 17.8. The van der Waals surface area contributed by atoms with E-state index in [9.17, 15) is 20.4 Å². The van der Waals surface area contributed by atoms with Crippen LogP contribution >= 0.6 is 0 Å². The Balaban J connectivity index is 0.000000218. The number of aliphatic imine (C=N–C) groups is 4. The molecular weight excluding hydrogens is 872 g/mol. The van der Waals surface area contributed by atoms with Crippen molar-refractivity contribution in [2.24, 2.45) is 20.0 Å². The van der Waals surface area contributed by atoms with Crippen LogP contribution in [-0.4, -0.2) is 49.0 Å². The minimum atomic E-state index is 0. The van der Waals surface area contributed by atoms with Gasteiger partial charge in [-0.1, -0.05) is 174 Å². The monoisotopic (exact) mass is 934 g/mol. The Hall–Kier alpha value is -4.20. The van der Waals surface area contributed by atoms with Crippen molar-refractivity contribution in [2.45, 2.75) is 153 Å². The molecule has 8 rings (SSSR count). The minimum absolute atomic E-state index is 0. The van der Waals surface area contributed by atoms with Gasteiger partial charge in [-0.05, 0) is 73.6 Å². The van der Waals surface area contributed by atoms with Crippen LogP contribution in [0.5, 0.6) is 23.0 Å². The molecule has 0 bridgehead atoms. The number of hydrogen-bond donors (Lipinski definition) is 0. The molecule has 4 aliphatic rings. The summed E-state index contributed by atoms with van der Waals surface area (Å²) in [5.41, 5.74) is 2.84. The van der Waals surface area contributed by atoms with E-state index < -0.39 is 0 Å². The standard InChI is InChI=1S/4C13H17NO.2Cu/c4*15-13-9-5-4-6-11(13)10-14-12-7-2-1-3-8-12;;/h4*4-6,9-10,12,15H,1-3,7-8H2;;/q;;;;2*+2/p-4. The average Bonchev–Trinajstić information content (AvgIpc) is 3.30. The van der Waals surface area contributed by atoms with Crippen LogP contribution in [0.2, 0.25) is 0 Å². The Morgan fingerprint density at radius 3 is 0.645 bits per heavy atom. The van der Waals surface area contributed by atoms with Crippen LogP contribution in [0.4, 0.5) is 0 Å². The van der Waals surface area contributed by atoms with Gasteiger partial charge in [0.2, 0.25) is 0 Å². The summed E-state index contributed by atoms with van der Waals surface area (Å²) in [5, 5.41) is 45.6. The zero-order valence-corrected chi connectivity index (χ0v) is 37.9. The first-order valence-corrected chi connectivity index (χ1v) is 22.6. The van der Waals surface area contributed by atoms with Crippen molar-refractivity contribution >= 4 is 24.9 Å². The molecule has 4 aromatic carbocycles. The van der Waals surface area contributed by atoms with Crippen molar-refractivity contribution in [1.29, 1.82) is 0 Å². The van der Waals surface area contributed by atoms with Gasteiger partial charge in [-0.15, -0.1) is 23.0 Å². The predicted molar refractivity (Wildman–Crippen MR) is 241 cm³/mol. The number of hydrogen-bond acceptors (Lipinski definition) is 8. The molecule has 2 radical (unpaired) electrons. The van der Waals surface area contributed by atoms with Crippen LogP contribution in [0.25, 0.3) is 0 Å². The number of para-hydroxylation sites is 4. The minimum Gasteiger partial charge on any atom is -0.872 e. The smallest absolute Gasteiger partial charge is 0.872 e. The van der Waals surface area contributed by atoms with E-state index in [0.717, 1.165) is 0 Å². The maximum absolute atomic E-state index is 11.4. The van der Waals surface area contributed by atoms with E-state index in [2.05, 4.69) is 20.0 Å². The quantitative estimate of drug-likeness (QED) is 0.128. The molecule has 0 heterocycles. The number of rotatable bonds is 8. The second kappa shape index (κ2) is 30.8. The Morgan fingerprint density at radius 2 is 0.468 bits per heavy atom. The third-order valence-electron chi connectivity index (χ3n) is 11.7. The van der Waals surface area contributed by atoms with Gasteiger partial charge in [0.05, 0.1) is 0 Å². The molecule has 0 atom stereocenters. The fourth-order valence-corrected chi connectivity index (χ4v) is 8.01. The first-order valence-electron chi connectivity index (χ1n) is 22.6. The van der Waals surface area contributed by atoms with E-state index in [1.807, 2.05) is 48.5 Å². The SMILES string of the molecule is [Cu+2].[Cu+2].[O-]c1ccccc1C=NC1CCCCC1.[O-]c1ccccc1C=NC1CCCCC1.[O-]c1ccccc1C=NC1CCCCC1.[O-]c1ccccc1C=NC1CCCCC1. The molecule has 4 fully saturated rings. The zero-order valence-electron chi connectivity index (χ0n) is 36.0. The van der Waals surface area contributed by atoms with Crippen molar-refractivity contribution in [3.63, 3.8) is 0 Å². The largest absolute Gasteiger partial charge is 2.00 e. The summed E-state index contributed by atoms with van der Waals surface area (Å²) in [6, 6.07) is 30.0. The Labute approximate surface area is 392 Å². The van der Waals surface area contributed by atoms with Gasteiger partial charge in [0.1, 0.15) is 0 Å². The van der Waals surface area contributed by atoms with E-state index in [4.69, 9.17) is 0 Å². The van der Waals surface area contributed by atoms with E-state index in [0.29, 0.717) is 46.4 Å². The summed E-state index contributed by atoms with van der Waals surface area (Å²) >= 11 is 0. The van der Waals surface area contributed by atoms with Gasteiger partial charge in [0.15, 0.2) is 0 Å². The van der Waals surface area contributed by atoms with Crippen LogP contribution in [0.3, 0.4) is 0 Å². The molecule has 62 heavy (non-hydrogen) atoms. The third kappa shape index (κ3) is 19.9. The van der Waals surface area contributed by atoms with Crippen molar-refractivity contribution in [1.82, 2.24) is 0 Å². The van der Waals surface area contributed by atoms with Gasteiger partial charge < -0.3 is 20.4 Å². The molecule has 8 nitrogen and oxygen atoms in total. The summed E-state index contributed by atoms with van der Waals surface area (Å²) in [7, 11) is 0. The molecule has 0 unspecified atom stereocenters. The second-order valence-corrected chi connectivity index (χ2v) is 16.4. The summed E-state index contributed by atoms with van der Waals surface area (Å²) in [6.45, 7) is 0. The molecule has 0 saturated heterocycles. The van der Waals surface area contributed by atoms with Crippen LogP contribution in [-0.2, 0) is 34.1 Å². The first kappa shape index (κ1) is 52.1. The van der Waals surface area contributed by atoms with Crippen molar-refractivity contribution in [3.05, 3.63) is 119 Å². The third-order valence-corrected chi connectivity index (χ3v) is 11.7. The number of benzene rings is 4. The van der Waals surface area contributed by atoms with E-state index >= 15 is 0 Å². The molecule has 4 aliphatic carbocycles. The predicted octanol–water partition coefficient (Wildman–Crippen LogP) is 10.0. The van der Waals surface area contributed by atoms with Gasteiger partial charge >= 0.3 is 34.1 Å². The maximum atomic E-state index is 11.4. The molecule has 0 aromatic heterocycles. The van der Waals surface area contributed by atoms with Gasteiger partial charge in [0.25, 0.3) is 0 Å².